The number of rotatable bonds is 4. The molecule has 0 aliphatic heterocycles. The Morgan fingerprint density at radius 2 is 1.80 bits per heavy atom. The molecular weight excluding hydrogens is 262 g/mol. The minimum Gasteiger partial charge on any atom is -0.395 e. The average Bonchev–Trinajstić information content (AvgIpc) is 2.46. The van der Waals surface area contributed by atoms with Crippen molar-refractivity contribution in [3.05, 3.63) is 29.3 Å². The molecule has 1 aromatic carbocycles. The molecule has 0 radical (unpaired) electrons. The molecule has 1 N–H and O–H groups in total. The zero-order valence-corrected chi connectivity index (χ0v) is 11.3. The van der Waals surface area contributed by atoms with Crippen LogP contribution in [0.5, 0.6) is 0 Å². The number of nitrogens with zero attached hydrogens (tertiary/aromatic N) is 2. The Bertz CT molecular complexity index is 484. The van der Waals surface area contributed by atoms with Crippen LogP contribution in [0.25, 0.3) is 0 Å². The SMILES string of the molecule is N#Cc1cc(F)c(N(CCO)C2CCCCC2)c(F)c1. The third kappa shape index (κ3) is 3.07. The summed E-state index contributed by atoms with van der Waals surface area (Å²) in [4.78, 5) is 1.62. The minimum atomic E-state index is -0.736. The topological polar surface area (TPSA) is 47.3 Å². The monoisotopic (exact) mass is 280 g/mol. The summed E-state index contributed by atoms with van der Waals surface area (Å²) < 4.78 is 28.2. The highest BCUT2D eigenvalue weighted by atomic mass is 19.1. The van der Waals surface area contributed by atoms with E-state index >= 15 is 0 Å². The number of aliphatic hydroxyl groups excluding tert-OH is 1. The Morgan fingerprint density at radius 1 is 1.20 bits per heavy atom. The van der Waals surface area contributed by atoms with Gasteiger partial charge in [0, 0.05) is 12.6 Å². The van der Waals surface area contributed by atoms with Crippen molar-refractivity contribution in [2.45, 2.75) is 38.1 Å². The number of aliphatic hydroxyl groups is 1. The lowest BCUT2D eigenvalue weighted by molar-refractivity contribution is 0.288. The summed E-state index contributed by atoms with van der Waals surface area (Å²) in [5.41, 5.74) is -0.152. The van der Waals surface area contributed by atoms with E-state index in [1.165, 1.54) is 0 Å². The molecule has 0 saturated heterocycles. The minimum absolute atomic E-state index is 0.0312. The lowest BCUT2D eigenvalue weighted by Crippen LogP contribution is -2.40. The van der Waals surface area contributed by atoms with E-state index in [0.717, 1.165) is 44.2 Å². The highest BCUT2D eigenvalue weighted by Gasteiger charge is 2.26. The van der Waals surface area contributed by atoms with Crippen molar-refractivity contribution < 1.29 is 13.9 Å². The molecule has 0 spiro atoms. The number of halogens is 2. The van der Waals surface area contributed by atoms with Crippen LogP contribution in [0, 0.1) is 23.0 Å². The lowest BCUT2D eigenvalue weighted by atomic mass is 9.93. The first-order chi connectivity index (χ1) is 9.67. The molecule has 1 aromatic rings. The van der Waals surface area contributed by atoms with Crippen LogP contribution < -0.4 is 4.90 Å². The zero-order chi connectivity index (χ0) is 14.5. The van der Waals surface area contributed by atoms with Crippen LogP contribution >= 0.6 is 0 Å². The smallest absolute Gasteiger partial charge is 0.150 e. The van der Waals surface area contributed by atoms with Gasteiger partial charge in [-0.15, -0.1) is 0 Å². The van der Waals surface area contributed by atoms with Gasteiger partial charge in [-0.3, -0.25) is 0 Å². The summed E-state index contributed by atoms with van der Waals surface area (Å²) in [7, 11) is 0. The lowest BCUT2D eigenvalue weighted by Gasteiger charge is -2.36. The van der Waals surface area contributed by atoms with Crippen LogP contribution in [0.3, 0.4) is 0 Å². The van der Waals surface area contributed by atoms with Crippen molar-refractivity contribution in [1.82, 2.24) is 0 Å². The molecular formula is C15H18F2N2O. The number of hydrogen-bond donors (Lipinski definition) is 1. The number of benzene rings is 1. The standard InChI is InChI=1S/C15H18F2N2O/c16-13-8-11(10-18)9-14(17)15(13)19(6-7-20)12-4-2-1-3-5-12/h8-9,12,20H,1-7H2. The van der Waals surface area contributed by atoms with Gasteiger partial charge in [0.25, 0.3) is 0 Å². The quantitative estimate of drug-likeness (QED) is 0.922. The molecule has 1 aliphatic carbocycles. The number of hydrogen-bond acceptors (Lipinski definition) is 3. The Labute approximate surface area is 117 Å². The van der Waals surface area contributed by atoms with E-state index in [0.29, 0.717) is 0 Å². The molecule has 0 unspecified atom stereocenters. The Morgan fingerprint density at radius 3 is 2.30 bits per heavy atom. The van der Waals surface area contributed by atoms with E-state index in [9.17, 15) is 13.9 Å². The second-order valence-electron chi connectivity index (χ2n) is 5.11. The fourth-order valence-corrected chi connectivity index (χ4v) is 2.88. The molecule has 5 heteroatoms. The Hall–Kier alpha value is -1.67. The Balaban J connectivity index is 2.36. The van der Waals surface area contributed by atoms with Crippen molar-refractivity contribution in [1.29, 1.82) is 5.26 Å². The molecule has 20 heavy (non-hydrogen) atoms. The maximum absolute atomic E-state index is 14.1. The van der Waals surface area contributed by atoms with Gasteiger partial charge in [-0.1, -0.05) is 19.3 Å². The predicted octanol–water partition coefficient (Wildman–Crippen LogP) is 2.97. The molecule has 0 heterocycles. The number of nitriles is 1. The molecule has 3 nitrogen and oxygen atoms in total. The molecule has 1 fully saturated rings. The van der Waals surface area contributed by atoms with Crippen LogP contribution in [-0.4, -0.2) is 24.3 Å². The van der Waals surface area contributed by atoms with Crippen LogP contribution in [-0.2, 0) is 0 Å². The molecule has 1 aliphatic rings. The fourth-order valence-electron chi connectivity index (χ4n) is 2.88. The highest BCUT2D eigenvalue weighted by molar-refractivity contribution is 5.53. The van der Waals surface area contributed by atoms with Gasteiger partial charge in [-0.2, -0.15) is 5.26 Å². The first kappa shape index (κ1) is 14.7. The van der Waals surface area contributed by atoms with Crippen molar-refractivity contribution in [2.75, 3.05) is 18.1 Å². The summed E-state index contributed by atoms with van der Waals surface area (Å²) >= 11 is 0. The zero-order valence-electron chi connectivity index (χ0n) is 11.3. The third-order valence-electron chi connectivity index (χ3n) is 3.79. The second kappa shape index (κ2) is 6.67. The van der Waals surface area contributed by atoms with E-state index < -0.39 is 11.6 Å². The van der Waals surface area contributed by atoms with Crippen molar-refractivity contribution in [3.63, 3.8) is 0 Å². The molecule has 1 saturated carbocycles. The van der Waals surface area contributed by atoms with Gasteiger partial charge in [0.05, 0.1) is 18.2 Å². The van der Waals surface area contributed by atoms with Gasteiger partial charge >= 0.3 is 0 Å². The van der Waals surface area contributed by atoms with E-state index in [-0.39, 0.29) is 30.4 Å². The van der Waals surface area contributed by atoms with Gasteiger partial charge in [0.1, 0.15) is 5.69 Å². The Kier molecular flexibility index (Phi) is 4.91. The summed E-state index contributed by atoms with van der Waals surface area (Å²) in [5, 5.41) is 17.9. The summed E-state index contributed by atoms with van der Waals surface area (Å²) in [6.45, 7) is 0.0415. The fraction of sp³-hybridized carbons (Fsp3) is 0.533. The van der Waals surface area contributed by atoms with Crippen molar-refractivity contribution in [2.24, 2.45) is 0 Å². The normalized spacial score (nSPS) is 15.9. The molecule has 0 aromatic heterocycles. The average molecular weight is 280 g/mol. The predicted molar refractivity (Wildman–Crippen MR) is 72.4 cm³/mol. The third-order valence-corrected chi connectivity index (χ3v) is 3.79. The molecule has 0 bridgehead atoms. The van der Waals surface area contributed by atoms with E-state index in [2.05, 4.69) is 0 Å². The molecule has 2 rings (SSSR count). The van der Waals surface area contributed by atoms with Crippen LogP contribution in [0.4, 0.5) is 14.5 Å². The van der Waals surface area contributed by atoms with Gasteiger partial charge < -0.3 is 10.0 Å². The summed E-state index contributed by atoms with van der Waals surface area (Å²) in [6.07, 6.45) is 4.96. The second-order valence-corrected chi connectivity index (χ2v) is 5.11. The van der Waals surface area contributed by atoms with Gasteiger partial charge in [-0.25, -0.2) is 8.78 Å². The van der Waals surface area contributed by atoms with Gasteiger partial charge in [0.2, 0.25) is 0 Å². The maximum Gasteiger partial charge on any atom is 0.150 e. The van der Waals surface area contributed by atoms with E-state index in [1.54, 1.807) is 11.0 Å². The van der Waals surface area contributed by atoms with E-state index in [4.69, 9.17) is 5.26 Å². The molecule has 108 valence electrons. The summed E-state index contributed by atoms with van der Waals surface area (Å²) in [6, 6.07) is 3.88. The van der Waals surface area contributed by atoms with Crippen LogP contribution in [0.2, 0.25) is 0 Å². The van der Waals surface area contributed by atoms with Gasteiger partial charge in [-0.05, 0) is 25.0 Å². The maximum atomic E-state index is 14.1. The van der Waals surface area contributed by atoms with Crippen LogP contribution in [0.1, 0.15) is 37.7 Å². The number of anilines is 1. The first-order valence-electron chi connectivity index (χ1n) is 6.94. The van der Waals surface area contributed by atoms with Crippen molar-refractivity contribution >= 4 is 5.69 Å². The highest BCUT2D eigenvalue weighted by Crippen LogP contribution is 2.31. The van der Waals surface area contributed by atoms with E-state index in [1.807, 2.05) is 0 Å². The van der Waals surface area contributed by atoms with Crippen LogP contribution in [0.15, 0.2) is 12.1 Å². The largest absolute Gasteiger partial charge is 0.395 e. The van der Waals surface area contributed by atoms with Gasteiger partial charge in [0.15, 0.2) is 11.6 Å². The van der Waals surface area contributed by atoms with Crippen molar-refractivity contribution in [3.8, 4) is 6.07 Å². The molecule has 0 amide bonds. The summed E-state index contributed by atoms with van der Waals surface area (Å²) in [5.74, 6) is -1.47. The molecule has 0 atom stereocenters. The first-order valence-corrected chi connectivity index (χ1v) is 6.94.